The maximum Gasteiger partial charge on any atom is 0.187 e. The lowest BCUT2D eigenvalue weighted by Gasteiger charge is -2.20. The van der Waals surface area contributed by atoms with E-state index in [0.717, 1.165) is 9.79 Å². The fourth-order valence-corrected chi connectivity index (χ4v) is 3.83. The first-order chi connectivity index (χ1) is 12.5. The molecule has 0 bridgehead atoms. The third kappa shape index (κ3) is 4.14. The Morgan fingerprint density at radius 3 is 1.65 bits per heavy atom. The average molecular weight is 425 g/mol. The van der Waals surface area contributed by atoms with Crippen LogP contribution in [0, 0.1) is 0 Å². The molecule has 0 radical (unpaired) electrons. The number of ketones is 2. The summed E-state index contributed by atoms with van der Waals surface area (Å²) >= 11 is 4.98. The van der Waals surface area contributed by atoms with Gasteiger partial charge in [0.05, 0.1) is 0 Å². The summed E-state index contributed by atoms with van der Waals surface area (Å²) in [5, 5.41) is 0. The summed E-state index contributed by atoms with van der Waals surface area (Å²) in [6.45, 7) is 1.61. The van der Waals surface area contributed by atoms with Crippen LogP contribution >= 0.6 is 27.7 Å². The van der Waals surface area contributed by atoms with Crippen molar-refractivity contribution in [3.05, 3.63) is 96.1 Å². The van der Waals surface area contributed by atoms with Gasteiger partial charge in [-0.05, 0) is 31.2 Å². The van der Waals surface area contributed by atoms with Gasteiger partial charge in [0.1, 0.15) is 4.32 Å². The monoisotopic (exact) mass is 424 g/mol. The van der Waals surface area contributed by atoms with Crippen LogP contribution in [-0.4, -0.2) is 15.9 Å². The van der Waals surface area contributed by atoms with Crippen molar-refractivity contribution in [1.82, 2.24) is 0 Å². The highest BCUT2D eigenvalue weighted by molar-refractivity contribution is 9.10. The van der Waals surface area contributed by atoms with Crippen LogP contribution in [0.4, 0.5) is 0 Å². The van der Waals surface area contributed by atoms with Crippen molar-refractivity contribution >= 4 is 39.3 Å². The first-order valence-corrected chi connectivity index (χ1v) is 9.76. The lowest BCUT2D eigenvalue weighted by atomic mass is 9.91. The normalized spacial score (nSPS) is 13.0. The number of carbonyl (C=O) groups excluding carboxylic acids is 2. The van der Waals surface area contributed by atoms with Gasteiger partial charge >= 0.3 is 0 Å². The number of hydrogen-bond donors (Lipinski definition) is 0. The van der Waals surface area contributed by atoms with Crippen LogP contribution in [0.1, 0.15) is 27.6 Å². The predicted octanol–water partition coefficient (Wildman–Crippen LogP) is 6.06. The minimum absolute atomic E-state index is 0.245. The van der Waals surface area contributed by atoms with Gasteiger partial charge in [-0.2, -0.15) is 0 Å². The van der Waals surface area contributed by atoms with Gasteiger partial charge in [-0.15, -0.1) is 0 Å². The maximum absolute atomic E-state index is 12.9. The third-order valence-corrected chi connectivity index (χ3v) is 5.72. The van der Waals surface area contributed by atoms with Crippen LogP contribution in [0.2, 0.25) is 0 Å². The van der Waals surface area contributed by atoms with Crippen LogP contribution in [0.5, 0.6) is 0 Å². The second-order valence-corrected chi connectivity index (χ2v) is 8.70. The summed E-state index contributed by atoms with van der Waals surface area (Å²) in [7, 11) is 0. The van der Waals surface area contributed by atoms with Crippen LogP contribution in [0.3, 0.4) is 0 Å². The van der Waals surface area contributed by atoms with E-state index in [1.807, 2.05) is 48.5 Å². The Bertz CT molecular complexity index is 904. The van der Waals surface area contributed by atoms with Gasteiger partial charge in [0, 0.05) is 20.9 Å². The molecule has 0 fully saturated rings. The molecule has 0 spiro atoms. The number of carbonyl (C=O) groups is 2. The van der Waals surface area contributed by atoms with Gasteiger partial charge in [-0.1, -0.05) is 88.4 Å². The first-order valence-electron chi connectivity index (χ1n) is 8.15. The van der Waals surface area contributed by atoms with Crippen LogP contribution in [-0.2, 0) is 0 Å². The predicted molar refractivity (Wildman–Crippen MR) is 109 cm³/mol. The van der Waals surface area contributed by atoms with Crippen molar-refractivity contribution in [1.29, 1.82) is 0 Å². The van der Waals surface area contributed by atoms with E-state index in [-0.39, 0.29) is 11.6 Å². The Hall–Kier alpha value is -2.17. The maximum atomic E-state index is 12.9. The van der Waals surface area contributed by atoms with E-state index in [9.17, 15) is 9.59 Å². The Labute approximate surface area is 165 Å². The molecule has 130 valence electrons. The molecule has 2 nitrogen and oxygen atoms in total. The SMILES string of the molecule is CC(Br)(C(=O)c1ccccc1)C(=O)c1ccc(Sc2ccccc2)cc1. The zero-order valence-corrected chi connectivity index (χ0v) is 16.6. The van der Waals surface area contributed by atoms with E-state index in [1.54, 1.807) is 55.1 Å². The van der Waals surface area contributed by atoms with Crippen molar-refractivity contribution in [3.8, 4) is 0 Å². The summed E-state index contributed by atoms with van der Waals surface area (Å²) in [5.74, 6) is -0.492. The molecule has 0 saturated heterocycles. The van der Waals surface area contributed by atoms with Gasteiger partial charge < -0.3 is 0 Å². The van der Waals surface area contributed by atoms with Gasteiger partial charge in [0.2, 0.25) is 0 Å². The zero-order chi connectivity index (χ0) is 18.6. The second kappa shape index (κ2) is 8.02. The van der Waals surface area contributed by atoms with Gasteiger partial charge in [0.15, 0.2) is 11.6 Å². The van der Waals surface area contributed by atoms with Gasteiger partial charge in [-0.3, -0.25) is 9.59 Å². The Kier molecular flexibility index (Phi) is 5.74. The Balaban J connectivity index is 1.78. The molecular weight excluding hydrogens is 408 g/mol. The largest absolute Gasteiger partial charge is 0.292 e. The quantitative estimate of drug-likeness (QED) is 0.274. The summed E-state index contributed by atoms with van der Waals surface area (Å²) in [6.07, 6.45) is 0. The van der Waals surface area contributed by atoms with Crippen molar-refractivity contribution in [2.75, 3.05) is 0 Å². The topological polar surface area (TPSA) is 34.1 Å². The molecule has 3 rings (SSSR count). The molecule has 0 aliphatic heterocycles. The summed E-state index contributed by atoms with van der Waals surface area (Å²) in [4.78, 5) is 27.8. The summed E-state index contributed by atoms with van der Waals surface area (Å²) in [5.41, 5.74) is 1.02. The highest BCUT2D eigenvalue weighted by Crippen LogP contribution is 2.31. The lowest BCUT2D eigenvalue weighted by Crippen LogP contribution is -2.37. The fraction of sp³-hybridized carbons (Fsp3) is 0.0909. The molecule has 0 heterocycles. The molecule has 0 amide bonds. The number of rotatable bonds is 6. The molecule has 3 aromatic carbocycles. The molecule has 26 heavy (non-hydrogen) atoms. The van der Waals surface area contributed by atoms with Crippen LogP contribution in [0.25, 0.3) is 0 Å². The molecule has 1 unspecified atom stereocenters. The lowest BCUT2D eigenvalue weighted by molar-refractivity contribution is 0.0852. The van der Waals surface area contributed by atoms with Crippen LogP contribution in [0.15, 0.2) is 94.7 Å². The number of alkyl halides is 1. The van der Waals surface area contributed by atoms with Gasteiger partial charge in [-0.25, -0.2) is 0 Å². The van der Waals surface area contributed by atoms with Crippen molar-refractivity contribution in [2.24, 2.45) is 0 Å². The van der Waals surface area contributed by atoms with E-state index >= 15 is 0 Å². The molecule has 0 saturated carbocycles. The zero-order valence-electron chi connectivity index (χ0n) is 14.2. The number of halogens is 1. The minimum Gasteiger partial charge on any atom is -0.292 e. The number of benzene rings is 3. The third-order valence-electron chi connectivity index (χ3n) is 3.98. The van der Waals surface area contributed by atoms with Gasteiger partial charge in [0.25, 0.3) is 0 Å². The fourth-order valence-electron chi connectivity index (χ4n) is 2.53. The standard InChI is InChI=1S/C22H17BrO2S/c1-22(23,20(24)16-8-4-2-5-9-16)21(25)17-12-14-19(15-13-17)26-18-10-6-3-7-11-18/h2-15H,1H3. The van der Waals surface area contributed by atoms with Crippen molar-refractivity contribution in [2.45, 2.75) is 21.0 Å². The van der Waals surface area contributed by atoms with Crippen molar-refractivity contribution in [3.63, 3.8) is 0 Å². The molecule has 0 aliphatic rings. The van der Waals surface area contributed by atoms with E-state index in [0.29, 0.717) is 11.1 Å². The van der Waals surface area contributed by atoms with Crippen LogP contribution < -0.4 is 0 Å². The average Bonchev–Trinajstić information content (AvgIpc) is 2.69. The van der Waals surface area contributed by atoms with Crippen molar-refractivity contribution < 1.29 is 9.59 Å². The van der Waals surface area contributed by atoms with E-state index < -0.39 is 4.32 Å². The Morgan fingerprint density at radius 1 is 0.692 bits per heavy atom. The highest BCUT2D eigenvalue weighted by Gasteiger charge is 2.39. The first kappa shape index (κ1) is 18.6. The Morgan fingerprint density at radius 2 is 1.12 bits per heavy atom. The molecule has 4 heteroatoms. The molecule has 0 N–H and O–H groups in total. The molecular formula is C22H17BrO2S. The second-order valence-electron chi connectivity index (χ2n) is 5.97. The minimum atomic E-state index is -1.29. The number of hydrogen-bond acceptors (Lipinski definition) is 3. The van der Waals surface area contributed by atoms with E-state index in [4.69, 9.17) is 0 Å². The molecule has 3 aromatic rings. The summed E-state index contributed by atoms with van der Waals surface area (Å²) < 4.78 is -1.29. The molecule has 1 atom stereocenters. The highest BCUT2D eigenvalue weighted by atomic mass is 79.9. The molecule has 0 aromatic heterocycles. The summed E-state index contributed by atoms with van der Waals surface area (Å²) in [6, 6.07) is 26.2. The smallest absolute Gasteiger partial charge is 0.187 e. The van der Waals surface area contributed by atoms with E-state index in [1.165, 1.54) is 0 Å². The van der Waals surface area contributed by atoms with E-state index in [2.05, 4.69) is 15.9 Å². The number of Topliss-reactive ketones (excluding diaryl/α,β-unsaturated/α-hetero) is 2. The molecule has 0 aliphatic carbocycles.